The standard InChI is InChI=1S/C13H13ClN2O2/c1-9-6-13(17)10(7-15-18)8-16(9)12-5-3-2-4-11(12)14/h2-7,15,18H,8H2,1H3. The molecular weight excluding hydrogens is 252 g/mol. The largest absolute Gasteiger partial charge is 0.339 e. The van der Waals surface area contributed by atoms with Crippen molar-refractivity contribution in [2.45, 2.75) is 6.92 Å². The average molecular weight is 265 g/mol. The Balaban J connectivity index is 2.40. The van der Waals surface area contributed by atoms with Crippen molar-refractivity contribution >= 4 is 23.1 Å². The predicted molar refractivity (Wildman–Crippen MR) is 70.6 cm³/mol. The fourth-order valence-corrected chi connectivity index (χ4v) is 2.11. The molecule has 0 radical (unpaired) electrons. The highest BCUT2D eigenvalue weighted by atomic mass is 35.5. The summed E-state index contributed by atoms with van der Waals surface area (Å²) in [4.78, 5) is 13.6. The van der Waals surface area contributed by atoms with Crippen molar-refractivity contribution in [1.29, 1.82) is 0 Å². The van der Waals surface area contributed by atoms with Crippen LogP contribution in [0, 0.1) is 0 Å². The number of anilines is 1. The Morgan fingerprint density at radius 3 is 2.83 bits per heavy atom. The summed E-state index contributed by atoms with van der Waals surface area (Å²) in [5, 5.41) is 9.29. The number of carbonyl (C=O) groups excluding carboxylic acids is 1. The molecule has 0 aliphatic carbocycles. The van der Waals surface area contributed by atoms with Crippen LogP contribution in [0.15, 0.2) is 47.8 Å². The van der Waals surface area contributed by atoms with Crippen LogP contribution in [0.3, 0.4) is 0 Å². The van der Waals surface area contributed by atoms with E-state index in [0.717, 1.165) is 11.4 Å². The molecule has 0 saturated carbocycles. The molecule has 1 heterocycles. The lowest BCUT2D eigenvalue weighted by atomic mass is 10.1. The quantitative estimate of drug-likeness (QED) is 0.637. The van der Waals surface area contributed by atoms with Gasteiger partial charge in [-0.05, 0) is 19.1 Å². The van der Waals surface area contributed by atoms with E-state index in [1.165, 1.54) is 12.3 Å². The second-order valence-corrected chi connectivity index (χ2v) is 4.39. The first-order valence-corrected chi connectivity index (χ1v) is 5.84. The van der Waals surface area contributed by atoms with E-state index in [1.54, 1.807) is 6.07 Å². The normalized spacial score (nSPS) is 17.9. The zero-order chi connectivity index (χ0) is 13.1. The van der Waals surface area contributed by atoms with Crippen molar-refractivity contribution in [2.75, 3.05) is 11.4 Å². The highest BCUT2D eigenvalue weighted by molar-refractivity contribution is 6.33. The van der Waals surface area contributed by atoms with Crippen molar-refractivity contribution in [3.05, 3.63) is 52.8 Å². The molecule has 1 aromatic carbocycles. The first-order valence-electron chi connectivity index (χ1n) is 5.47. The number of hydrogen-bond donors (Lipinski definition) is 2. The molecule has 0 saturated heterocycles. The minimum atomic E-state index is -0.114. The number of hydroxylamine groups is 1. The van der Waals surface area contributed by atoms with Crippen LogP contribution in [0.4, 0.5) is 5.69 Å². The Labute approximate surface area is 110 Å². The molecule has 0 aromatic heterocycles. The Morgan fingerprint density at radius 2 is 2.17 bits per heavy atom. The second kappa shape index (κ2) is 5.25. The Hall–Kier alpha value is -1.78. The zero-order valence-corrected chi connectivity index (χ0v) is 10.6. The number of nitrogens with zero attached hydrogens (tertiary/aromatic N) is 1. The molecule has 0 atom stereocenters. The Bertz CT molecular complexity index is 538. The Morgan fingerprint density at radius 1 is 1.44 bits per heavy atom. The molecule has 2 rings (SSSR count). The van der Waals surface area contributed by atoms with Gasteiger partial charge >= 0.3 is 0 Å². The molecule has 0 bridgehead atoms. The summed E-state index contributed by atoms with van der Waals surface area (Å²) in [7, 11) is 0. The smallest absolute Gasteiger partial charge is 0.186 e. The van der Waals surface area contributed by atoms with Gasteiger partial charge in [-0.1, -0.05) is 23.7 Å². The molecule has 1 aliphatic heterocycles. The molecule has 2 N–H and O–H groups in total. The molecule has 18 heavy (non-hydrogen) atoms. The molecule has 5 heteroatoms. The van der Waals surface area contributed by atoms with Crippen LogP contribution in [0.1, 0.15) is 6.92 Å². The number of ketones is 1. The minimum absolute atomic E-state index is 0.114. The number of halogens is 1. The van der Waals surface area contributed by atoms with Crippen LogP contribution >= 0.6 is 11.6 Å². The van der Waals surface area contributed by atoms with Crippen LogP contribution in [0.5, 0.6) is 0 Å². The molecule has 0 unspecified atom stereocenters. The van der Waals surface area contributed by atoms with Gasteiger partial charge in [0.25, 0.3) is 0 Å². The summed E-state index contributed by atoms with van der Waals surface area (Å²) in [5.74, 6) is -0.114. The molecule has 1 aromatic rings. The van der Waals surface area contributed by atoms with Gasteiger partial charge in [0.05, 0.1) is 17.3 Å². The van der Waals surface area contributed by atoms with E-state index in [9.17, 15) is 4.79 Å². The van der Waals surface area contributed by atoms with Crippen molar-refractivity contribution < 1.29 is 10.0 Å². The van der Waals surface area contributed by atoms with E-state index in [0.29, 0.717) is 17.1 Å². The summed E-state index contributed by atoms with van der Waals surface area (Å²) in [5.41, 5.74) is 4.03. The van der Waals surface area contributed by atoms with E-state index >= 15 is 0 Å². The van der Waals surface area contributed by atoms with Gasteiger partial charge in [-0.25, -0.2) is 0 Å². The lowest BCUT2D eigenvalue weighted by Gasteiger charge is -2.30. The van der Waals surface area contributed by atoms with Crippen LogP contribution in [-0.4, -0.2) is 17.5 Å². The monoisotopic (exact) mass is 264 g/mol. The third kappa shape index (κ3) is 2.39. The Kier molecular flexibility index (Phi) is 3.69. The van der Waals surface area contributed by atoms with E-state index in [-0.39, 0.29) is 5.78 Å². The molecule has 0 fully saturated rings. The lowest BCUT2D eigenvalue weighted by molar-refractivity contribution is -0.111. The number of nitrogens with one attached hydrogen (secondary N) is 1. The molecule has 0 amide bonds. The molecule has 0 spiro atoms. The fourth-order valence-electron chi connectivity index (χ4n) is 1.87. The van der Waals surface area contributed by atoms with Crippen molar-refractivity contribution in [2.24, 2.45) is 0 Å². The van der Waals surface area contributed by atoms with Crippen molar-refractivity contribution in [3.8, 4) is 0 Å². The van der Waals surface area contributed by atoms with E-state index in [2.05, 4.69) is 0 Å². The highest BCUT2D eigenvalue weighted by Gasteiger charge is 2.22. The summed E-state index contributed by atoms with van der Waals surface area (Å²) < 4.78 is 0. The first-order chi connectivity index (χ1) is 8.63. The van der Waals surface area contributed by atoms with Crippen LogP contribution < -0.4 is 10.4 Å². The van der Waals surface area contributed by atoms with E-state index in [1.807, 2.05) is 35.5 Å². The van der Waals surface area contributed by atoms with E-state index < -0.39 is 0 Å². The summed E-state index contributed by atoms with van der Waals surface area (Å²) in [6, 6.07) is 7.43. The first kappa shape index (κ1) is 12.7. The third-order valence-electron chi connectivity index (χ3n) is 2.79. The fraction of sp³-hybridized carbons (Fsp3) is 0.154. The van der Waals surface area contributed by atoms with Gasteiger partial charge in [0.15, 0.2) is 5.78 Å². The zero-order valence-electron chi connectivity index (χ0n) is 9.85. The van der Waals surface area contributed by atoms with Gasteiger partial charge in [-0.2, -0.15) is 0 Å². The van der Waals surface area contributed by atoms with E-state index in [4.69, 9.17) is 16.8 Å². The highest BCUT2D eigenvalue weighted by Crippen LogP contribution is 2.30. The SMILES string of the molecule is CC1=CC(=O)C(=CNO)CN1c1ccccc1Cl. The van der Waals surface area contributed by atoms with Gasteiger partial charge in [0.1, 0.15) is 0 Å². The number of carbonyl (C=O) groups is 1. The number of benzene rings is 1. The number of hydrogen-bond acceptors (Lipinski definition) is 4. The number of allylic oxidation sites excluding steroid dienone is 2. The van der Waals surface area contributed by atoms with Gasteiger partial charge < -0.3 is 4.90 Å². The molecule has 1 aliphatic rings. The topological polar surface area (TPSA) is 52.6 Å². The van der Waals surface area contributed by atoms with Gasteiger partial charge in [-0.3, -0.25) is 15.5 Å². The maximum absolute atomic E-state index is 11.7. The maximum atomic E-state index is 11.7. The van der Waals surface area contributed by atoms with Crippen LogP contribution in [0.2, 0.25) is 5.02 Å². The summed E-state index contributed by atoms with van der Waals surface area (Å²) in [6.07, 6.45) is 2.81. The van der Waals surface area contributed by atoms with Crippen molar-refractivity contribution in [3.63, 3.8) is 0 Å². The van der Waals surface area contributed by atoms with Crippen LogP contribution in [-0.2, 0) is 4.79 Å². The lowest BCUT2D eigenvalue weighted by Crippen LogP contribution is -2.31. The average Bonchev–Trinajstić information content (AvgIpc) is 2.34. The number of para-hydroxylation sites is 1. The van der Waals surface area contributed by atoms with Crippen LogP contribution in [0.25, 0.3) is 0 Å². The summed E-state index contributed by atoms with van der Waals surface area (Å²) in [6.45, 7) is 2.23. The third-order valence-corrected chi connectivity index (χ3v) is 3.11. The molecular formula is C13H13ClN2O2. The second-order valence-electron chi connectivity index (χ2n) is 3.99. The van der Waals surface area contributed by atoms with Crippen molar-refractivity contribution in [1.82, 2.24) is 5.48 Å². The van der Waals surface area contributed by atoms with Gasteiger partial charge in [0, 0.05) is 23.5 Å². The molecule has 94 valence electrons. The van der Waals surface area contributed by atoms with Gasteiger partial charge in [-0.15, -0.1) is 0 Å². The predicted octanol–water partition coefficient (Wildman–Crippen LogP) is 2.50. The number of rotatable bonds is 2. The summed E-state index contributed by atoms with van der Waals surface area (Å²) >= 11 is 6.15. The minimum Gasteiger partial charge on any atom is -0.339 e. The van der Waals surface area contributed by atoms with Gasteiger partial charge in [0.2, 0.25) is 0 Å². The maximum Gasteiger partial charge on any atom is 0.186 e. The molecule has 4 nitrogen and oxygen atoms in total.